The Morgan fingerprint density at radius 2 is 2.00 bits per heavy atom. The Morgan fingerprint density at radius 3 is 2.70 bits per heavy atom. The van der Waals surface area contributed by atoms with E-state index in [4.69, 9.17) is 11.6 Å². The first-order valence-corrected chi connectivity index (χ1v) is 8.83. The van der Waals surface area contributed by atoms with E-state index in [1.165, 1.54) is 12.0 Å². The van der Waals surface area contributed by atoms with E-state index in [0.717, 1.165) is 43.1 Å². The van der Waals surface area contributed by atoms with Gasteiger partial charge in [-0.15, -0.1) is 0 Å². The van der Waals surface area contributed by atoms with Gasteiger partial charge in [0.05, 0.1) is 0 Å². The van der Waals surface area contributed by atoms with Gasteiger partial charge >= 0.3 is 0 Å². The molecule has 3 rings (SSSR count). The summed E-state index contributed by atoms with van der Waals surface area (Å²) in [6.45, 7) is 1.76. The van der Waals surface area contributed by atoms with Crippen LogP contribution in [0.1, 0.15) is 36.5 Å². The first-order chi connectivity index (χ1) is 9.75. The van der Waals surface area contributed by atoms with Crippen LogP contribution in [0.4, 0.5) is 0 Å². The molecule has 1 saturated carbocycles. The summed E-state index contributed by atoms with van der Waals surface area (Å²) in [6, 6.07) is 8.09. The van der Waals surface area contributed by atoms with Crippen LogP contribution in [-0.4, -0.2) is 29.6 Å². The lowest BCUT2D eigenvalue weighted by Gasteiger charge is -2.30. The standard InChI is InChI=1S/C16H20ClNOS/c17-14-7-2-1-6-13(14)15-8-9-18(10-11-20-15)16(19)12-4-3-5-12/h1-2,6-7,12,15H,3-5,8-11H2/t15-/m0/s1. The molecule has 1 atom stereocenters. The molecule has 1 aromatic carbocycles. The fraction of sp³-hybridized carbons (Fsp3) is 0.562. The lowest BCUT2D eigenvalue weighted by molar-refractivity contribution is -0.137. The molecule has 1 saturated heterocycles. The molecule has 0 bridgehead atoms. The third-order valence-corrected chi connectivity index (χ3v) is 6.01. The van der Waals surface area contributed by atoms with Gasteiger partial charge in [-0.05, 0) is 30.9 Å². The Labute approximate surface area is 129 Å². The van der Waals surface area contributed by atoms with Crippen LogP contribution in [0.2, 0.25) is 5.02 Å². The maximum atomic E-state index is 12.3. The predicted octanol–water partition coefficient (Wildman–Crippen LogP) is 4.15. The van der Waals surface area contributed by atoms with Gasteiger partial charge in [0.25, 0.3) is 0 Å². The Bertz CT molecular complexity index is 489. The van der Waals surface area contributed by atoms with Crippen molar-refractivity contribution in [3.8, 4) is 0 Å². The summed E-state index contributed by atoms with van der Waals surface area (Å²) in [5, 5.41) is 1.27. The van der Waals surface area contributed by atoms with Crippen molar-refractivity contribution >= 4 is 29.3 Å². The molecular weight excluding hydrogens is 290 g/mol. The smallest absolute Gasteiger partial charge is 0.225 e. The van der Waals surface area contributed by atoms with E-state index in [9.17, 15) is 4.79 Å². The van der Waals surface area contributed by atoms with Gasteiger partial charge in [0.15, 0.2) is 0 Å². The lowest BCUT2D eigenvalue weighted by Crippen LogP contribution is -2.40. The number of halogens is 1. The molecule has 0 aromatic heterocycles. The highest BCUT2D eigenvalue weighted by Gasteiger charge is 2.31. The summed E-state index contributed by atoms with van der Waals surface area (Å²) in [4.78, 5) is 14.4. The Hall–Kier alpha value is -0.670. The Kier molecular flexibility index (Phi) is 4.57. The number of amides is 1. The van der Waals surface area contributed by atoms with E-state index in [1.807, 2.05) is 30.0 Å². The van der Waals surface area contributed by atoms with Gasteiger partial charge in [-0.3, -0.25) is 4.79 Å². The molecule has 0 unspecified atom stereocenters. The number of rotatable bonds is 2. The van der Waals surface area contributed by atoms with Gasteiger partial charge in [0, 0.05) is 35.0 Å². The van der Waals surface area contributed by atoms with Gasteiger partial charge in [0.2, 0.25) is 5.91 Å². The molecule has 1 aromatic rings. The van der Waals surface area contributed by atoms with Crippen molar-refractivity contribution in [1.82, 2.24) is 4.90 Å². The zero-order valence-electron chi connectivity index (χ0n) is 11.6. The first-order valence-electron chi connectivity index (χ1n) is 7.40. The first kappa shape index (κ1) is 14.3. The van der Waals surface area contributed by atoms with Crippen LogP contribution < -0.4 is 0 Å². The second kappa shape index (κ2) is 6.40. The zero-order valence-corrected chi connectivity index (χ0v) is 13.1. The average Bonchev–Trinajstić information content (AvgIpc) is 2.63. The molecule has 4 heteroatoms. The van der Waals surface area contributed by atoms with E-state index >= 15 is 0 Å². The SMILES string of the molecule is O=C(C1CCC1)N1CCS[C@H](c2ccccc2Cl)CC1. The summed E-state index contributed by atoms with van der Waals surface area (Å²) in [5.41, 5.74) is 1.22. The zero-order chi connectivity index (χ0) is 13.9. The van der Waals surface area contributed by atoms with Gasteiger partial charge in [-0.25, -0.2) is 0 Å². The number of benzene rings is 1. The number of nitrogens with zero attached hydrogens (tertiary/aromatic N) is 1. The molecule has 2 fully saturated rings. The van der Waals surface area contributed by atoms with E-state index in [0.29, 0.717) is 17.1 Å². The third-order valence-electron chi connectivity index (χ3n) is 4.36. The van der Waals surface area contributed by atoms with Gasteiger partial charge in [-0.2, -0.15) is 11.8 Å². The number of hydrogen-bond acceptors (Lipinski definition) is 2. The quantitative estimate of drug-likeness (QED) is 0.818. The maximum Gasteiger partial charge on any atom is 0.225 e. The van der Waals surface area contributed by atoms with Crippen LogP contribution in [0.3, 0.4) is 0 Å². The van der Waals surface area contributed by atoms with Crippen molar-refractivity contribution in [3.05, 3.63) is 34.9 Å². The monoisotopic (exact) mass is 309 g/mol. The average molecular weight is 310 g/mol. The normalized spacial score (nSPS) is 24.1. The largest absolute Gasteiger partial charge is 0.342 e. The maximum absolute atomic E-state index is 12.3. The number of hydrogen-bond donors (Lipinski definition) is 0. The van der Waals surface area contributed by atoms with Gasteiger partial charge < -0.3 is 4.90 Å². The van der Waals surface area contributed by atoms with Crippen LogP contribution in [0.5, 0.6) is 0 Å². The van der Waals surface area contributed by atoms with Gasteiger partial charge in [-0.1, -0.05) is 36.2 Å². The van der Waals surface area contributed by atoms with Crippen molar-refractivity contribution in [2.75, 3.05) is 18.8 Å². The summed E-state index contributed by atoms with van der Waals surface area (Å²) in [7, 11) is 0. The number of thioether (sulfide) groups is 1. The second-order valence-corrected chi connectivity index (χ2v) is 7.34. The van der Waals surface area contributed by atoms with Crippen molar-refractivity contribution in [1.29, 1.82) is 0 Å². The highest BCUT2D eigenvalue weighted by Crippen LogP contribution is 2.38. The van der Waals surface area contributed by atoms with Crippen molar-refractivity contribution < 1.29 is 4.79 Å². The molecule has 1 aliphatic heterocycles. The minimum atomic E-state index is 0.317. The molecule has 1 amide bonds. The predicted molar refractivity (Wildman–Crippen MR) is 85.2 cm³/mol. The molecular formula is C16H20ClNOS. The van der Waals surface area contributed by atoms with E-state index in [1.54, 1.807) is 0 Å². The Morgan fingerprint density at radius 1 is 1.20 bits per heavy atom. The highest BCUT2D eigenvalue weighted by molar-refractivity contribution is 7.99. The van der Waals surface area contributed by atoms with E-state index < -0.39 is 0 Å². The number of carbonyl (C=O) groups excluding carboxylic acids is 1. The second-order valence-electron chi connectivity index (χ2n) is 5.62. The van der Waals surface area contributed by atoms with Crippen LogP contribution in [0, 0.1) is 5.92 Å². The topological polar surface area (TPSA) is 20.3 Å². The molecule has 0 radical (unpaired) electrons. The summed E-state index contributed by atoms with van der Waals surface area (Å²) in [5.74, 6) is 1.71. The minimum absolute atomic E-state index is 0.317. The van der Waals surface area contributed by atoms with Crippen molar-refractivity contribution in [2.24, 2.45) is 5.92 Å². The molecule has 108 valence electrons. The fourth-order valence-corrected chi connectivity index (χ4v) is 4.49. The molecule has 0 N–H and O–H groups in total. The molecule has 0 spiro atoms. The number of carbonyl (C=O) groups is 1. The molecule has 20 heavy (non-hydrogen) atoms. The summed E-state index contributed by atoms with van der Waals surface area (Å²) < 4.78 is 0. The highest BCUT2D eigenvalue weighted by atomic mass is 35.5. The van der Waals surface area contributed by atoms with Crippen molar-refractivity contribution in [3.63, 3.8) is 0 Å². The summed E-state index contributed by atoms with van der Waals surface area (Å²) in [6.07, 6.45) is 4.42. The fourth-order valence-electron chi connectivity index (χ4n) is 2.89. The molecule has 1 heterocycles. The van der Waals surface area contributed by atoms with Gasteiger partial charge in [0.1, 0.15) is 0 Å². The van der Waals surface area contributed by atoms with Crippen molar-refractivity contribution in [2.45, 2.75) is 30.9 Å². The molecule has 2 aliphatic rings. The van der Waals surface area contributed by atoms with Crippen LogP contribution in [0.25, 0.3) is 0 Å². The van der Waals surface area contributed by atoms with E-state index in [-0.39, 0.29) is 0 Å². The minimum Gasteiger partial charge on any atom is -0.342 e. The Balaban J connectivity index is 1.64. The molecule has 2 nitrogen and oxygen atoms in total. The van der Waals surface area contributed by atoms with Crippen LogP contribution in [-0.2, 0) is 4.79 Å². The van der Waals surface area contributed by atoms with Crippen LogP contribution in [0.15, 0.2) is 24.3 Å². The third kappa shape index (κ3) is 2.99. The van der Waals surface area contributed by atoms with E-state index in [2.05, 4.69) is 11.0 Å². The lowest BCUT2D eigenvalue weighted by atomic mass is 9.84. The van der Waals surface area contributed by atoms with Crippen LogP contribution >= 0.6 is 23.4 Å². The summed E-state index contributed by atoms with van der Waals surface area (Å²) >= 11 is 8.23. The molecule has 1 aliphatic carbocycles.